The lowest BCUT2D eigenvalue weighted by atomic mass is 10.2. The number of methoxy groups -OCH3 is 1. The van der Waals surface area contributed by atoms with Crippen LogP contribution in [0.1, 0.15) is 9.67 Å². The molecule has 0 aliphatic heterocycles. The maximum Gasteiger partial charge on any atom is 0.345 e. The molecule has 0 saturated heterocycles. The van der Waals surface area contributed by atoms with Gasteiger partial charge in [-0.2, -0.15) is 0 Å². The number of thiophene rings is 1. The summed E-state index contributed by atoms with van der Waals surface area (Å²) in [5.41, 5.74) is 0.700. The Morgan fingerprint density at radius 1 is 1.08 bits per heavy atom. The van der Waals surface area contributed by atoms with E-state index >= 15 is 0 Å². The molecule has 0 spiro atoms. The summed E-state index contributed by atoms with van der Waals surface area (Å²) in [5, 5.41) is 4.06. The summed E-state index contributed by atoms with van der Waals surface area (Å²) in [6, 6.07) is 16.0. The first-order chi connectivity index (χ1) is 12.2. The molecule has 0 aliphatic carbocycles. The Labute approximate surface area is 146 Å². The average molecular weight is 351 g/mol. The maximum absolute atomic E-state index is 12.6. The average Bonchev–Trinajstić information content (AvgIpc) is 3.08. The minimum absolute atomic E-state index is 0.280. The number of ether oxygens (including phenoxy) is 1. The van der Waals surface area contributed by atoms with Gasteiger partial charge in [0.25, 0.3) is 5.91 Å². The number of hydrogen-bond donors (Lipinski definition) is 1. The van der Waals surface area contributed by atoms with Crippen LogP contribution in [0.2, 0.25) is 0 Å². The standard InChI is InChI=1S/C19H13NO4S/c1-23-12-6-4-5-11(9-12)20-18(21)16-10-14-17(25-16)13-7-2-3-8-15(13)24-19(14)22/h2-10H,1H3,(H,20,21). The summed E-state index contributed by atoms with van der Waals surface area (Å²) in [4.78, 5) is 25.2. The lowest BCUT2D eigenvalue weighted by Crippen LogP contribution is -2.10. The van der Waals surface area contributed by atoms with E-state index in [1.165, 1.54) is 11.3 Å². The van der Waals surface area contributed by atoms with Gasteiger partial charge in [-0.15, -0.1) is 11.3 Å². The highest BCUT2D eigenvalue weighted by atomic mass is 32.1. The van der Waals surface area contributed by atoms with Gasteiger partial charge in [-0.05, 0) is 30.3 Å². The number of hydrogen-bond acceptors (Lipinski definition) is 5. The molecule has 0 fully saturated rings. The van der Waals surface area contributed by atoms with Crippen molar-refractivity contribution in [3.63, 3.8) is 0 Å². The van der Waals surface area contributed by atoms with Gasteiger partial charge in [0, 0.05) is 17.1 Å². The summed E-state index contributed by atoms with van der Waals surface area (Å²) < 4.78 is 11.2. The van der Waals surface area contributed by atoms with Crippen LogP contribution in [0.3, 0.4) is 0 Å². The summed E-state index contributed by atoms with van der Waals surface area (Å²) >= 11 is 1.27. The second-order valence-electron chi connectivity index (χ2n) is 5.43. The van der Waals surface area contributed by atoms with Crippen molar-refractivity contribution in [2.45, 2.75) is 0 Å². The van der Waals surface area contributed by atoms with Gasteiger partial charge >= 0.3 is 5.63 Å². The van der Waals surface area contributed by atoms with Gasteiger partial charge in [-0.25, -0.2) is 4.79 Å². The normalized spacial score (nSPS) is 10.9. The van der Waals surface area contributed by atoms with Crippen molar-refractivity contribution in [1.82, 2.24) is 0 Å². The number of carbonyl (C=O) groups is 1. The van der Waals surface area contributed by atoms with E-state index in [1.54, 1.807) is 49.6 Å². The van der Waals surface area contributed by atoms with Gasteiger partial charge in [0.1, 0.15) is 11.3 Å². The van der Waals surface area contributed by atoms with Crippen LogP contribution < -0.4 is 15.7 Å². The summed E-state index contributed by atoms with van der Waals surface area (Å²) in [6.07, 6.45) is 0. The second-order valence-corrected chi connectivity index (χ2v) is 6.48. The molecule has 4 aromatic rings. The van der Waals surface area contributed by atoms with Crippen LogP contribution in [0.25, 0.3) is 21.1 Å². The fourth-order valence-corrected chi connectivity index (χ4v) is 3.72. The second kappa shape index (κ2) is 6.07. The Hall–Kier alpha value is -3.12. The predicted octanol–water partition coefficient (Wildman–Crippen LogP) is 4.27. The van der Waals surface area contributed by atoms with Crippen LogP contribution in [-0.4, -0.2) is 13.0 Å². The molecule has 2 heterocycles. The van der Waals surface area contributed by atoms with Gasteiger partial charge < -0.3 is 14.5 Å². The molecule has 2 aromatic carbocycles. The number of amides is 1. The molecule has 0 radical (unpaired) electrons. The molecule has 4 rings (SSSR count). The molecule has 0 atom stereocenters. The summed E-state index contributed by atoms with van der Waals surface area (Å²) in [5.74, 6) is 0.374. The monoisotopic (exact) mass is 351 g/mol. The number of anilines is 1. The smallest absolute Gasteiger partial charge is 0.345 e. The molecule has 1 N–H and O–H groups in total. The fourth-order valence-electron chi connectivity index (χ4n) is 2.65. The molecule has 0 unspecified atom stereocenters. The molecule has 0 aliphatic rings. The first kappa shape index (κ1) is 15.4. The van der Waals surface area contributed by atoms with Crippen LogP contribution in [-0.2, 0) is 0 Å². The lowest BCUT2D eigenvalue weighted by molar-refractivity contribution is 0.103. The first-order valence-electron chi connectivity index (χ1n) is 7.56. The molecular weight excluding hydrogens is 338 g/mol. The third-order valence-electron chi connectivity index (χ3n) is 3.84. The van der Waals surface area contributed by atoms with Crippen molar-refractivity contribution in [3.8, 4) is 5.75 Å². The predicted molar refractivity (Wildman–Crippen MR) is 98.8 cm³/mol. The molecule has 2 aromatic heterocycles. The summed E-state index contributed by atoms with van der Waals surface area (Å²) in [7, 11) is 1.57. The van der Waals surface area contributed by atoms with Gasteiger partial charge in [-0.3, -0.25) is 4.79 Å². The largest absolute Gasteiger partial charge is 0.497 e. The van der Waals surface area contributed by atoms with E-state index in [0.29, 0.717) is 27.3 Å². The van der Waals surface area contributed by atoms with E-state index in [4.69, 9.17) is 9.15 Å². The van der Waals surface area contributed by atoms with Crippen molar-refractivity contribution in [1.29, 1.82) is 0 Å². The Morgan fingerprint density at radius 2 is 1.92 bits per heavy atom. The van der Waals surface area contributed by atoms with Crippen LogP contribution in [0.5, 0.6) is 5.75 Å². The zero-order chi connectivity index (χ0) is 17.4. The quantitative estimate of drug-likeness (QED) is 0.560. The van der Waals surface area contributed by atoms with Crippen molar-refractivity contribution in [3.05, 3.63) is 69.9 Å². The number of fused-ring (bicyclic) bond motifs is 3. The first-order valence-corrected chi connectivity index (χ1v) is 8.38. The van der Waals surface area contributed by atoms with Crippen LogP contribution >= 0.6 is 11.3 Å². The van der Waals surface area contributed by atoms with E-state index in [1.807, 2.05) is 12.1 Å². The highest BCUT2D eigenvalue weighted by Gasteiger charge is 2.16. The highest BCUT2D eigenvalue weighted by molar-refractivity contribution is 7.21. The Kier molecular flexibility index (Phi) is 3.74. The third kappa shape index (κ3) is 2.77. The minimum Gasteiger partial charge on any atom is -0.497 e. The third-order valence-corrected chi connectivity index (χ3v) is 5.00. The Morgan fingerprint density at radius 3 is 2.76 bits per heavy atom. The number of para-hydroxylation sites is 1. The maximum atomic E-state index is 12.6. The topological polar surface area (TPSA) is 68.5 Å². The molecule has 0 bridgehead atoms. The van der Waals surface area contributed by atoms with Crippen molar-refractivity contribution >= 4 is 44.0 Å². The van der Waals surface area contributed by atoms with Crippen molar-refractivity contribution in [2.75, 3.05) is 12.4 Å². The molecule has 1 amide bonds. The summed E-state index contributed by atoms with van der Waals surface area (Å²) in [6.45, 7) is 0. The van der Waals surface area contributed by atoms with Crippen LogP contribution in [0.15, 0.2) is 63.8 Å². The molecular formula is C19H13NO4S. The minimum atomic E-state index is -0.439. The van der Waals surface area contributed by atoms with Gasteiger partial charge in [0.2, 0.25) is 0 Å². The van der Waals surface area contributed by atoms with E-state index in [0.717, 1.165) is 10.1 Å². The van der Waals surface area contributed by atoms with E-state index in [9.17, 15) is 9.59 Å². The molecule has 25 heavy (non-hydrogen) atoms. The fraction of sp³-hybridized carbons (Fsp3) is 0.0526. The molecule has 124 valence electrons. The SMILES string of the molecule is COc1cccc(NC(=O)c2cc3c(=O)oc4ccccc4c3s2)c1. The lowest BCUT2D eigenvalue weighted by Gasteiger charge is -2.05. The molecule has 5 nitrogen and oxygen atoms in total. The molecule has 6 heteroatoms. The highest BCUT2D eigenvalue weighted by Crippen LogP contribution is 2.31. The Bertz CT molecular complexity index is 1160. The van der Waals surface area contributed by atoms with Crippen molar-refractivity contribution in [2.24, 2.45) is 0 Å². The number of carbonyl (C=O) groups excluding carboxylic acids is 1. The van der Waals surface area contributed by atoms with Gasteiger partial charge in [0.15, 0.2) is 0 Å². The zero-order valence-corrected chi connectivity index (χ0v) is 14.1. The van der Waals surface area contributed by atoms with Crippen molar-refractivity contribution < 1.29 is 13.9 Å². The van der Waals surface area contributed by atoms with E-state index < -0.39 is 5.63 Å². The number of rotatable bonds is 3. The van der Waals surface area contributed by atoms with E-state index in [-0.39, 0.29) is 5.91 Å². The van der Waals surface area contributed by atoms with Gasteiger partial charge in [-0.1, -0.05) is 18.2 Å². The van der Waals surface area contributed by atoms with Gasteiger partial charge in [0.05, 0.1) is 22.1 Å². The van der Waals surface area contributed by atoms with E-state index in [2.05, 4.69) is 5.32 Å². The number of nitrogens with one attached hydrogen (secondary N) is 1. The number of benzene rings is 2. The molecule has 0 saturated carbocycles. The Balaban J connectivity index is 1.76. The van der Waals surface area contributed by atoms with Crippen LogP contribution in [0.4, 0.5) is 5.69 Å². The van der Waals surface area contributed by atoms with Crippen LogP contribution in [0, 0.1) is 0 Å². The zero-order valence-electron chi connectivity index (χ0n) is 13.2.